The molecule has 0 aliphatic carbocycles. The van der Waals surface area contributed by atoms with E-state index in [1.54, 1.807) is 0 Å². The molecular formula is C64H127NO9. The predicted molar refractivity (Wildman–Crippen MR) is 310 cm³/mol. The van der Waals surface area contributed by atoms with Crippen molar-refractivity contribution in [2.75, 3.05) is 13.2 Å². The zero-order valence-corrected chi connectivity index (χ0v) is 49.0. The summed E-state index contributed by atoms with van der Waals surface area (Å²) in [6.07, 6.45) is 56.2. The van der Waals surface area contributed by atoms with Crippen LogP contribution >= 0.6 is 0 Å². The number of rotatable bonds is 58. The quantitative estimate of drug-likeness (QED) is 0.0293. The second kappa shape index (κ2) is 54.1. The Balaban J connectivity index is 2.12. The molecule has 1 heterocycles. The fourth-order valence-electron chi connectivity index (χ4n) is 11.1. The van der Waals surface area contributed by atoms with Gasteiger partial charge in [0, 0.05) is 0 Å². The molecular weight excluding hydrogens is 927 g/mol. The van der Waals surface area contributed by atoms with E-state index in [0.717, 1.165) is 38.5 Å². The van der Waals surface area contributed by atoms with Crippen LogP contribution in [0.3, 0.4) is 0 Å². The third-order valence-electron chi connectivity index (χ3n) is 16.3. The second-order valence-corrected chi connectivity index (χ2v) is 23.4. The highest BCUT2D eigenvalue weighted by molar-refractivity contribution is 5.80. The smallest absolute Gasteiger partial charge is 0.249 e. The number of carbonyl (C=O) groups is 1. The Labute approximate surface area is 457 Å². The van der Waals surface area contributed by atoms with Gasteiger partial charge < -0.3 is 45.4 Å². The standard InChI is InChI=1S/C64H127NO9/c1-3-5-7-9-11-13-15-17-19-21-22-23-24-25-26-27-28-29-30-31-32-33-34-35-37-39-41-43-45-47-49-51-53-58(68)63(72)65-56(55-73-64-62(71)61(70)60(69)59(54-66)74-64)57(67)52-50-48-46-44-42-40-38-36-20-18-16-14-12-10-8-6-4-2/h56-62,64,66-71H,3-55H2,1-2H3,(H,65,72). The van der Waals surface area contributed by atoms with E-state index in [1.807, 2.05) is 0 Å². The SMILES string of the molecule is CCCCCCCCCCCCCCCCCCCCCCCCCCCCCCCCCCC(O)C(=O)NC(COC1OC(CO)C(O)C(O)C1O)C(O)CCCCCCCCCCCCCCCCCCC. The van der Waals surface area contributed by atoms with Crippen LogP contribution in [0.2, 0.25) is 0 Å². The highest BCUT2D eigenvalue weighted by Crippen LogP contribution is 2.24. The van der Waals surface area contributed by atoms with E-state index in [4.69, 9.17) is 9.47 Å². The molecule has 10 heteroatoms. The van der Waals surface area contributed by atoms with Crippen molar-refractivity contribution in [2.45, 2.75) is 390 Å². The molecule has 8 atom stereocenters. The number of ether oxygens (including phenoxy) is 2. The first kappa shape index (κ1) is 71.2. The van der Waals surface area contributed by atoms with Gasteiger partial charge in [-0.1, -0.05) is 328 Å². The first-order valence-electron chi connectivity index (χ1n) is 32.8. The maximum atomic E-state index is 13.2. The average molecular weight is 1050 g/mol. The number of hydrogen-bond donors (Lipinski definition) is 7. The highest BCUT2D eigenvalue weighted by atomic mass is 16.7. The fraction of sp³-hybridized carbons (Fsp3) is 0.984. The van der Waals surface area contributed by atoms with Gasteiger partial charge in [-0.05, 0) is 12.8 Å². The minimum Gasteiger partial charge on any atom is -0.394 e. The monoisotopic (exact) mass is 1050 g/mol. The molecule has 0 saturated carbocycles. The van der Waals surface area contributed by atoms with E-state index in [1.165, 1.54) is 276 Å². The summed E-state index contributed by atoms with van der Waals surface area (Å²) in [5.41, 5.74) is 0. The highest BCUT2D eigenvalue weighted by Gasteiger charge is 2.44. The molecule has 1 fully saturated rings. The Bertz CT molecular complexity index is 1150. The number of aliphatic hydroxyl groups excluding tert-OH is 6. The van der Waals surface area contributed by atoms with Crippen LogP contribution in [-0.4, -0.2) is 98.7 Å². The number of unbranched alkanes of at least 4 members (excludes halogenated alkanes) is 47. The van der Waals surface area contributed by atoms with Gasteiger partial charge in [-0.3, -0.25) is 4.79 Å². The third kappa shape index (κ3) is 42.1. The molecule has 0 bridgehead atoms. The lowest BCUT2D eigenvalue weighted by Crippen LogP contribution is -2.60. The molecule has 8 unspecified atom stereocenters. The van der Waals surface area contributed by atoms with Crippen molar-refractivity contribution in [2.24, 2.45) is 0 Å². The van der Waals surface area contributed by atoms with Gasteiger partial charge in [0.25, 0.3) is 0 Å². The first-order valence-corrected chi connectivity index (χ1v) is 32.8. The van der Waals surface area contributed by atoms with Gasteiger partial charge in [0.15, 0.2) is 6.29 Å². The molecule has 1 rings (SSSR count). The van der Waals surface area contributed by atoms with Crippen LogP contribution in [0.25, 0.3) is 0 Å². The molecule has 7 N–H and O–H groups in total. The first-order chi connectivity index (χ1) is 36.3. The number of aliphatic hydroxyl groups is 6. The summed E-state index contributed by atoms with van der Waals surface area (Å²) in [6, 6.07) is -0.890. The maximum absolute atomic E-state index is 13.2. The summed E-state index contributed by atoms with van der Waals surface area (Å²) in [5, 5.41) is 65.4. The van der Waals surface area contributed by atoms with Crippen molar-refractivity contribution >= 4 is 5.91 Å². The summed E-state index contributed by atoms with van der Waals surface area (Å²) in [6.45, 7) is 3.73. The molecule has 0 aromatic heterocycles. The lowest BCUT2D eigenvalue weighted by molar-refractivity contribution is -0.302. The third-order valence-corrected chi connectivity index (χ3v) is 16.3. The summed E-state index contributed by atoms with van der Waals surface area (Å²) in [7, 11) is 0. The largest absolute Gasteiger partial charge is 0.394 e. The van der Waals surface area contributed by atoms with Crippen LogP contribution in [0.4, 0.5) is 0 Å². The van der Waals surface area contributed by atoms with Crippen LogP contribution in [-0.2, 0) is 14.3 Å². The van der Waals surface area contributed by atoms with E-state index in [-0.39, 0.29) is 6.61 Å². The Morgan fingerprint density at radius 1 is 0.405 bits per heavy atom. The Morgan fingerprint density at radius 2 is 0.676 bits per heavy atom. The van der Waals surface area contributed by atoms with Gasteiger partial charge in [-0.15, -0.1) is 0 Å². The van der Waals surface area contributed by atoms with E-state index >= 15 is 0 Å². The molecule has 0 radical (unpaired) electrons. The number of hydrogen-bond acceptors (Lipinski definition) is 9. The topological polar surface area (TPSA) is 169 Å². The van der Waals surface area contributed by atoms with E-state index in [2.05, 4.69) is 19.2 Å². The average Bonchev–Trinajstić information content (AvgIpc) is 3.40. The summed E-state index contributed by atoms with van der Waals surface area (Å²) < 4.78 is 11.3. The zero-order chi connectivity index (χ0) is 53.8. The van der Waals surface area contributed by atoms with Crippen molar-refractivity contribution < 1.29 is 44.9 Å². The number of nitrogens with one attached hydrogen (secondary N) is 1. The lowest BCUT2D eigenvalue weighted by atomic mass is 9.99. The van der Waals surface area contributed by atoms with Crippen LogP contribution in [0.1, 0.15) is 341 Å². The minimum atomic E-state index is -1.59. The summed E-state index contributed by atoms with van der Waals surface area (Å²) in [5.74, 6) is -0.574. The van der Waals surface area contributed by atoms with Crippen LogP contribution in [0.5, 0.6) is 0 Å². The minimum absolute atomic E-state index is 0.249. The Kier molecular flexibility index (Phi) is 52.0. The van der Waals surface area contributed by atoms with Gasteiger partial charge in [0.05, 0.1) is 25.4 Å². The van der Waals surface area contributed by atoms with E-state index < -0.39 is 61.5 Å². The maximum Gasteiger partial charge on any atom is 0.249 e. The molecule has 442 valence electrons. The van der Waals surface area contributed by atoms with Gasteiger partial charge in [0.1, 0.15) is 30.5 Å². The van der Waals surface area contributed by atoms with Crippen molar-refractivity contribution in [3.05, 3.63) is 0 Å². The molecule has 10 nitrogen and oxygen atoms in total. The number of amides is 1. The van der Waals surface area contributed by atoms with Crippen LogP contribution in [0.15, 0.2) is 0 Å². The molecule has 0 spiro atoms. The van der Waals surface area contributed by atoms with Gasteiger partial charge in [-0.25, -0.2) is 0 Å². The lowest BCUT2D eigenvalue weighted by Gasteiger charge is -2.40. The van der Waals surface area contributed by atoms with Crippen molar-refractivity contribution in [1.82, 2.24) is 5.32 Å². The normalized spacial score (nSPS) is 19.3. The molecule has 1 aliphatic heterocycles. The van der Waals surface area contributed by atoms with Gasteiger partial charge in [0.2, 0.25) is 5.91 Å². The van der Waals surface area contributed by atoms with Gasteiger partial charge >= 0.3 is 0 Å². The second-order valence-electron chi connectivity index (χ2n) is 23.4. The molecule has 1 amide bonds. The Morgan fingerprint density at radius 3 is 0.959 bits per heavy atom. The van der Waals surface area contributed by atoms with Crippen LogP contribution < -0.4 is 5.32 Å². The zero-order valence-electron chi connectivity index (χ0n) is 49.0. The number of carbonyl (C=O) groups excluding carboxylic acids is 1. The molecule has 74 heavy (non-hydrogen) atoms. The van der Waals surface area contributed by atoms with E-state index in [9.17, 15) is 35.4 Å². The predicted octanol–water partition coefficient (Wildman–Crippen LogP) is 15.9. The Hall–Kier alpha value is -0.850. The summed E-state index contributed by atoms with van der Waals surface area (Å²) in [4.78, 5) is 13.2. The molecule has 1 saturated heterocycles. The molecule has 0 aromatic rings. The van der Waals surface area contributed by atoms with Crippen LogP contribution in [0, 0.1) is 0 Å². The van der Waals surface area contributed by atoms with Crippen molar-refractivity contribution in [3.8, 4) is 0 Å². The fourth-order valence-corrected chi connectivity index (χ4v) is 11.1. The van der Waals surface area contributed by atoms with Crippen molar-refractivity contribution in [3.63, 3.8) is 0 Å². The molecule has 0 aromatic carbocycles. The summed E-state index contributed by atoms with van der Waals surface area (Å²) >= 11 is 0. The molecule has 1 aliphatic rings. The van der Waals surface area contributed by atoms with Gasteiger partial charge in [-0.2, -0.15) is 0 Å². The van der Waals surface area contributed by atoms with E-state index in [0.29, 0.717) is 12.8 Å². The van der Waals surface area contributed by atoms with Crippen molar-refractivity contribution in [1.29, 1.82) is 0 Å².